The number of halogens is 3. The average molecular weight is 532 g/mol. The zero-order valence-electron chi connectivity index (χ0n) is 20.1. The summed E-state index contributed by atoms with van der Waals surface area (Å²) in [6.07, 6.45) is -3.14. The van der Waals surface area contributed by atoms with Gasteiger partial charge in [0.2, 0.25) is 0 Å². The summed E-state index contributed by atoms with van der Waals surface area (Å²) >= 11 is 0. The van der Waals surface area contributed by atoms with Gasteiger partial charge in [0.15, 0.2) is 0 Å². The molecular weight excluding hydrogens is 501 g/mol. The van der Waals surface area contributed by atoms with Crippen molar-refractivity contribution in [2.75, 3.05) is 39.8 Å². The van der Waals surface area contributed by atoms with Crippen molar-refractivity contribution in [1.82, 2.24) is 14.8 Å². The third-order valence-corrected chi connectivity index (χ3v) is 7.06. The minimum atomic E-state index is -4.97. The summed E-state index contributed by atoms with van der Waals surface area (Å²) in [6, 6.07) is 6.07. The van der Waals surface area contributed by atoms with Gasteiger partial charge in [-0.15, -0.1) is 17.9 Å². The standard InChI is InChI=1S/C23H29F3N4O5S/c1-3-4-13-34-22(31)28-36(32,33)21-8-6-18(35-23(24,25)26)14-19(21)20-7-5-17(15-27-20)16-30-11-9-29(2)10-12-30/h5-8,14-15H,3-4,9-13,16H2,1-2H3,(H,28,31)/p+1. The molecule has 0 saturated carbocycles. The van der Waals surface area contributed by atoms with E-state index in [0.29, 0.717) is 17.7 Å². The number of carbonyl (C=O) groups is 1. The number of pyridine rings is 1. The maximum Gasteiger partial charge on any atom is 0.573 e. The molecule has 0 radical (unpaired) electrons. The summed E-state index contributed by atoms with van der Waals surface area (Å²) in [5.74, 6) is -0.606. The molecule has 3 rings (SSSR count). The second-order valence-corrected chi connectivity index (χ2v) is 10.3. The van der Waals surface area contributed by atoms with Crippen LogP contribution in [0.5, 0.6) is 5.75 Å². The maximum atomic E-state index is 13.0. The van der Waals surface area contributed by atoms with E-state index in [4.69, 9.17) is 4.74 Å². The number of primary sulfonamides is 1. The lowest BCUT2D eigenvalue weighted by atomic mass is 10.1. The van der Waals surface area contributed by atoms with Crippen LogP contribution in [0, 0.1) is 0 Å². The molecule has 2 heterocycles. The molecule has 1 aromatic heterocycles. The lowest BCUT2D eigenvalue weighted by molar-refractivity contribution is -0.407. The Hall–Kier alpha value is -2.74. The van der Waals surface area contributed by atoms with Crippen LogP contribution in [0.4, 0.5) is 18.0 Å². The molecule has 0 atom stereocenters. The Bertz CT molecular complexity index is 1140. The van der Waals surface area contributed by atoms with E-state index < -0.39 is 28.2 Å². The van der Waals surface area contributed by atoms with Gasteiger partial charge in [-0.25, -0.2) is 0 Å². The Labute approximate surface area is 208 Å². The first kappa shape index (κ1) is 27.8. The fourth-order valence-corrected chi connectivity index (χ4v) is 4.81. The van der Waals surface area contributed by atoms with Gasteiger partial charge in [0.05, 0.1) is 12.3 Å². The SMILES string of the molecule is CCCCOC(=O)[NH2+]S(=O)(=O)c1ccc(OC(F)(F)F)cc1-c1ccc(CN2CCN(C)CC2)cn1. The van der Waals surface area contributed by atoms with Crippen LogP contribution in [0.15, 0.2) is 41.4 Å². The third kappa shape index (κ3) is 8.15. The Morgan fingerprint density at radius 1 is 1.14 bits per heavy atom. The fraction of sp³-hybridized carbons (Fsp3) is 0.478. The number of alkyl halides is 3. The molecule has 198 valence electrons. The lowest BCUT2D eigenvalue weighted by Crippen LogP contribution is -2.90. The minimum Gasteiger partial charge on any atom is -0.419 e. The number of benzene rings is 1. The number of amides is 1. The molecule has 0 aliphatic carbocycles. The summed E-state index contributed by atoms with van der Waals surface area (Å²) in [5.41, 5.74) is 0.873. The Kier molecular flexibility index (Phi) is 9.28. The number of likely N-dealkylation sites (N-methyl/N-ethyl adjacent to an activating group) is 1. The molecule has 9 nitrogen and oxygen atoms in total. The predicted molar refractivity (Wildman–Crippen MR) is 124 cm³/mol. The zero-order chi connectivity index (χ0) is 26.3. The molecule has 0 unspecified atom stereocenters. The number of carbonyl (C=O) groups excluding carboxylic acids is 1. The second-order valence-electron chi connectivity index (χ2n) is 8.52. The number of unbranched alkanes of at least 4 members (excludes halogenated alkanes) is 1. The highest BCUT2D eigenvalue weighted by atomic mass is 32.2. The average Bonchev–Trinajstić information content (AvgIpc) is 2.80. The summed E-state index contributed by atoms with van der Waals surface area (Å²) < 4.78 is 73.6. The van der Waals surface area contributed by atoms with Gasteiger partial charge >= 0.3 is 22.5 Å². The van der Waals surface area contributed by atoms with E-state index >= 15 is 0 Å². The highest BCUT2D eigenvalue weighted by molar-refractivity contribution is 7.85. The predicted octanol–water partition coefficient (Wildman–Crippen LogP) is 2.58. The van der Waals surface area contributed by atoms with Crippen LogP contribution < -0.4 is 9.46 Å². The molecule has 1 saturated heterocycles. The van der Waals surface area contributed by atoms with Crippen molar-refractivity contribution >= 4 is 16.1 Å². The number of quaternary nitrogens is 1. The van der Waals surface area contributed by atoms with Gasteiger partial charge in [-0.1, -0.05) is 19.4 Å². The van der Waals surface area contributed by atoms with Crippen molar-refractivity contribution in [3.63, 3.8) is 0 Å². The molecule has 13 heteroatoms. The molecule has 2 N–H and O–H groups in total. The minimum absolute atomic E-state index is 0.0584. The molecule has 1 fully saturated rings. The molecule has 1 aliphatic rings. The first-order valence-electron chi connectivity index (χ1n) is 11.5. The second kappa shape index (κ2) is 12.0. The van der Waals surface area contributed by atoms with E-state index in [-0.39, 0.29) is 22.8 Å². The van der Waals surface area contributed by atoms with Gasteiger partial charge in [0.25, 0.3) is 0 Å². The van der Waals surface area contributed by atoms with Crippen molar-refractivity contribution in [2.24, 2.45) is 0 Å². The zero-order valence-corrected chi connectivity index (χ0v) is 20.9. The summed E-state index contributed by atoms with van der Waals surface area (Å²) in [6.45, 7) is 6.24. The lowest BCUT2D eigenvalue weighted by Gasteiger charge is -2.32. The van der Waals surface area contributed by atoms with Crippen molar-refractivity contribution in [1.29, 1.82) is 0 Å². The molecule has 2 aromatic rings. The van der Waals surface area contributed by atoms with Gasteiger partial charge < -0.3 is 14.4 Å². The molecule has 36 heavy (non-hydrogen) atoms. The van der Waals surface area contributed by atoms with Gasteiger partial charge in [0.1, 0.15) is 10.6 Å². The van der Waals surface area contributed by atoms with Crippen LogP contribution in [-0.2, 0) is 21.3 Å². The van der Waals surface area contributed by atoms with E-state index in [1.807, 2.05) is 6.92 Å². The number of aromatic nitrogens is 1. The maximum absolute atomic E-state index is 13.0. The molecule has 1 aliphatic heterocycles. The Morgan fingerprint density at radius 2 is 1.86 bits per heavy atom. The van der Waals surface area contributed by atoms with Crippen LogP contribution in [0.25, 0.3) is 11.3 Å². The van der Waals surface area contributed by atoms with E-state index in [1.165, 1.54) is 6.07 Å². The normalized spacial score (nSPS) is 15.6. The number of nitrogens with zero attached hydrogens (tertiary/aromatic N) is 3. The number of hydrogen-bond acceptors (Lipinski definition) is 8. The Balaban J connectivity index is 1.87. The van der Waals surface area contributed by atoms with Gasteiger partial charge in [-0.2, -0.15) is 13.2 Å². The van der Waals surface area contributed by atoms with Crippen LogP contribution in [0.2, 0.25) is 0 Å². The monoisotopic (exact) mass is 531 g/mol. The molecule has 1 amide bonds. The molecule has 1 aromatic carbocycles. The van der Waals surface area contributed by atoms with Crippen LogP contribution in [0.1, 0.15) is 25.3 Å². The van der Waals surface area contributed by atoms with E-state index in [9.17, 15) is 26.4 Å². The smallest absolute Gasteiger partial charge is 0.419 e. The highest BCUT2D eigenvalue weighted by Gasteiger charge is 2.33. The van der Waals surface area contributed by atoms with Crippen molar-refractivity contribution in [3.8, 4) is 17.0 Å². The molecule has 0 bridgehead atoms. The van der Waals surface area contributed by atoms with E-state index in [0.717, 1.165) is 56.4 Å². The number of nitrogens with two attached hydrogens (primary N) is 1. The number of sulfonamides is 1. The van der Waals surface area contributed by atoms with Crippen LogP contribution in [0.3, 0.4) is 0 Å². The number of piperazine rings is 1. The Morgan fingerprint density at radius 3 is 2.47 bits per heavy atom. The topological polar surface area (TPSA) is 106 Å². The van der Waals surface area contributed by atoms with E-state index in [2.05, 4.69) is 26.6 Å². The van der Waals surface area contributed by atoms with Gasteiger partial charge in [0, 0.05) is 44.5 Å². The van der Waals surface area contributed by atoms with Crippen molar-refractivity contribution in [2.45, 2.75) is 37.6 Å². The summed E-state index contributed by atoms with van der Waals surface area (Å²) in [5, 5.41) is 0. The quantitative estimate of drug-likeness (QED) is 0.493. The number of primary amides is 1. The first-order valence-corrected chi connectivity index (χ1v) is 13.0. The van der Waals surface area contributed by atoms with Crippen LogP contribution >= 0.6 is 0 Å². The van der Waals surface area contributed by atoms with Gasteiger partial charge in [-0.05, 0) is 43.3 Å². The number of hydrogen-bond donors (Lipinski definition) is 1. The molecular formula is C23H30F3N4O5S+. The number of rotatable bonds is 9. The van der Waals surface area contributed by atoms with Gasteiger partial charge in [-0.3, -0.25) is 9.88 Å². The van der Waals surface area contributed by atoms with Crippen LogP contribution in [-0.4, -0.2) is 75.5 Å². The fourth-order valence-electron chi connectivity index (χ4n) is 3.64. The third-order valence-electron chi connectivity index (χ3n) is 5.59. The number of ether oxygens (including phenoxy) is 2. The first-order chi connectivity index (χ1) is 17.0. The highest BCUT2D eigenvalue weighted by Crippen LogP contribution is 2.32. The van der Waals surface area contributed by atoms with E-state index in [1.54, 1.807) is 12.3 Å². The van der Waals surface area contributed by atoms with Crippen molar-refractivity contribution in [3.05, 3.63) is 42.1 Å². The summed E-state index contributed by atoms with van der Waals surface area (Å²) in [7, 11) is -2.31. The van der Waals surface area contributed by atoms with Crippen molar-refractivity contribution < 1.29 is 40.6 Å². The largest absolute Gasteiger partial charge is 0.573 e. The molecule has 0 spiro atoms. The summed E-state index contributed by atoms with van der Waals surface area (Å²) in [4.78, 5) is 20.4.